The highest BCUT2D eigenvalue weighted by Crippen LogP contribution is 2.36. The van der Waals surface area contributed by atoms with Crippen LogP contribution in [0.4, 0.5) is 5.82 Å². The number of nitrogens with two attached hydrogens (primary N) is 1. The van der Waals surface area contributed by atoms with E-state index in [0.717, 1.165) is 4.34 Å². The summed E-state index contributed by atoms with van der Waals surface area (Å²) >= 11 is 2.77. The Morgan fingerprint density at radius 2 is 2.38 bits per heavy atom. The van der Waals surface area contributed by atoms with Crippen molar-refractivity contribution in [2.24, 2.45) is 5.84 Å². The molecule has 2 aromatic rings. The van der Waals surface area contributed by atoms with E-state index in [-0.39, 0.29) is 0 Å². The van der Waals surface area contributed by atoms with Crippen LogP contribution in [0.1, 0.15) is 0 Å². The van der Waals surface area contributed by atoms with Gasteiger partial charge < -0.3 is 10.2 Å². The summed E-state index contributed by atoms with van der Waals surface area (Å²) in [5, 5.41) is 8.29. The predicted molar refractivity (Wildman–Crippen MR) is 60.4 cm³/mol. The largest absolute Gasteiger partial charge is 0.490 e. The summed E-state index contributed by atoms with van der Waals surface area (Å²) in [6.45, 7) is 0. The molecule has 0 aliphatic heterocycles. The number of ether oxygens (including phenoxy) is 1. The topological polar surface area (TPSA) is 98.8 Å². The maximum Gasteiger partial charge on any atom is 0.195 e. The van der Waals surface area contributed by atoms with E-state index in [1.54, 1.807) is 5.51 Å². The van der Waals surface area contributed by atoms with Crippen molar-refractivity contribution in [3.8, 4) is 5.75 Å². The van der Waals surface area contributed by atoms with Crippen molar-refractivity contribution >= 4 is 28.9 Å². The van der Waals surface area contributed by atoms with Gasteiger partial charge in [-0.25, -0.2) is 15.8 Å². The number of anilines is 1. The first-order valence-corrected chi connectivity index (χ1v) is 5.84. The molecule has 0 fully saturated rings. The molecular weight excluding hydrogens is 248 g/mol. The summed E-state index contributed by atoms with van der Waals surface area (Å²) in [7, 11) is 1.53. The number of nitrogens with one attached hydrogen (secondary N) is 1. The van der Waals surface area contributed by atoms with Gasteiger partial charge in [0.15, 0.2) is 20.9 Å². The van der Waals surface area contributed by atoms with Crippen LogP contribution in [0.5, 0.6) is 5.75 Å². The molecule has 0 aliphatic rings. The average Bonchev–Trinajstić information content (AvgIpc) is 2.81. The van der Waals surface area contributed by atoms with Gasteiger partial charge in [0.25, 0.3) is 0 Å². The second-order valence-electron chi connectivity index (χ2n) is 2.51. The number of nitrogens with zero attached hydrogens (tertiary/aromatic N) is 4. The van der Waals surface area contributed by atoms with E-state index in [0.29, 0.717) is 16.6 Å². The normalized spacial score (nSPS) is 10.1. The maximum absolute atomic E-state index is 5.31. The van der Waals surface area contributed by atoms with Gasteiger partial charge >= 0.3 is 0 Å². The van der Waals surface area contributed by atoms with E-state index >= 15 is 0 Å². The van der Waals surface area contributed by atoms with Crippen LogP contribution in [0.15, 0.2) is 21.2 Å². The lowest BCUT2D eigenvalue weighted by Crippen LogP contribution is -2.10. The fourth-order valence-corrected chi connectivity index (χ4v) is 2.47. The minimum atomic E-state index is 0.435. The molecule has 0 amide bonds. The number of nitrogen functional groups attached to an aromatic ring is 1. The summed E-state index contributed by atoms with van der Waals surface area (Å²) in [6.07, 6.45) is 1.40. The van der Waals surface area contributed by atoms with Gasteiger partial charge in [-0.3, -0.25) is 0 Å². The molecule has 2 heterocycles. The smallest absolute Gasteiger partial charge is 0.195 e. The van der Waals surface area contributed by atoms with E-state index in [1.807, 2.05) is 0 Å². The summed E-state index contributed by atoms with van der Waals surface area (Å²) in [6, 6.07) is 0. The van der Waals surface area contributed by atoms with Gasteiger partial charge in [0, 0.05) is 0 Å². The summed E-state index contributed by atoms with van der Waals surface area (Å²) in [5.74, 6) is 6.24. The zero-order valence-corrected chi connectivity index (χ0v) is 9.88. The first kappa shape index (κ1) is 11.0. The number of hydrogen-bond acceptors (Lipinski definition) is 9. The Kier molecular flexibility index (Phi) is 3.49. The molecule has 84 valence electrons. The molecule has 2 aromatic heterocycles. The third-order valence-corrected chi connectivity index (χ3v) is 3.40. The SMILES string of the molecule is COc1c(NN)ncnc1Sc1nncs1. The van der Waals surface area contributed by atoms with E-state index < -0.39 is 0 Å². The molecule has 0 radical (unpaired) electrons. The second kappa shape index (κ2) is 5.05. The van der Waals surface area contributed by atoms with Crippen LogP contribution in [-0.4, -0.2) is 27.3 Å². The zero-order chi connectivity index (χ0) is 11.4. The van der Waals surface area contributed by atoms with Crippen molar-refractivity contribution in [1.82, 2.24) is 20.2 Å². The molecule has 3 N–H and O–H groups in total. The Morgan fingerprint density at radius 1 is 1.50 bits per heavy atom. The fraction of sp³-hybridized carbons (Fsp3) is 0.143. The Labute approximate surface area is 99.4 Å². The highest BCUT2D eigenvalue weighted by molar-refractivity contribution is 8.01. The van der Waals surface area contributed by atoms with Crippen molar-refractivity contribution < 1.29 is 4.74 Å². The molecule has 0 aliphatic carbocycles. The molecule has 0 saturated heterocycles. The molecule has 16 heavy (non-hydrogen) atoms. The summed E-state index contributed by atoms with van der Waals surface area (Å²) in [4.78, 5) is 8.04. The van der Waals surface area contributed by atoms with Crippen molar-refractivity contribution in [3.63, 3.8) is 0 Å². The van der Waals surface area contributed by atoms with Crippen molar-refractivity contribution in [1.29, 1.82) is 0 Å². The number of methoxy groups -OCH3 is 1. The first-order valence-electron chi connectivity index (χ1n) is 4.14. The number of aromatic nitrogens is 4. The van der Waals surface area contributed by atoms with E-state index in [2.05, 4.69) is 25.6 Å². The lowest BCUT2D eigenvalue weighted by atomic mass is 10.5. The molecular formula is C7H8N6OS2. The molecule has 0 atom stereocenters. The first-order chi connectivity index (χ1) is 7.85. The quantitative estimate of drug-likeness (QED) is 0.470. The summed E-state index contributed by atoms with van der Waals surface area (Å²) < 4.78 is 5.96. The monoisotopic (exact) mass is 256 g/mol. The van der Waals surface area contributed by atoms with E-state index in [9.17, 15) is 0 Å². The number of rotatable bonds is 4. The van der Waals surface area contributed by atoms with Gasteiger partial charge in [-0.2, -0.15) is 0 Å². The Morgan fingerprint density at radius 3 is 3.00 bits per heavy atom. The van der Waals surface area contributed by atoms with Crippen LogP contribution in [0.25, 0.3) is 0 Å². The predicted octanol–water partition coefficient (Wildman–Crippen LogP) is 0.773. The van der Waals surface area contributed by atoms with Gasteiger partial charge in [0.1, 0.15) is 11.8 Å². The maximum atomic E-state index is 5.31. The van der Waals surface area contributed by atoms with Crippen LogP contribution in [0, 0.1) is 0 Å². The molecule has 0 bridgehead atoms. The van der Waals surface area contributed by atoms with E-state index in [1.165, 1.54) is 36.5 Å². The third-order valence-electron chi connectivity index (χ3n) is 1.64. The number of hydrogen-bond donors (Lipinski definition) is 2. The Bertz CT molecular complexity index is 462. The highest BCUT2D eigenvalue weighted by atomic mass is 32.2. The fourth-order valence-electron chi connectivity index (χ4n) is 1.01. The molecule has 0 aromatic carbocycles. The van der Waals surface area contributed by atoms with Crippen LogP contribution in [0.2, 0.25) is 0 Å². The van der Waals surface area contributed by atoms with Gasteiger partial charge in [0.05, 0.1) is 7.11 Å². The van der Waals surface area contributed by atoms with E-state index in [4.69, 9.17) is 10.6 Å². The zero-order valence-electron chi connectivity index (χ0n) is 8.25. The second-order valence-corrected chi connectivity index (χ2v) is 4.58. The highest BCUT2D eigenvalue weighted by Gasteiger charge is 2.13. The molecule has 0 spiro atoms. The lowest BCUT2D eigenvalue weighted by Gasteiger charge is -2.08. The van der Waals surface area contributed by atoms with Crippen LogP contribution < -0.4 is 16.0 Å². The number of hydrazine groups is 1. The Balaban J connectivity index is 2.33. The summed E-state index contributed by atoms with van der Waals surface area (Å²) in [5.41, 5.74) is 4.10. The molecule has 2 rings (SSSR count). The van der Waals surface area contributed by atoms with Gasteiger partial charge in [-0.1, -0.05) is 11.3 Å². The minimum Gasteiger partial charge on any atom is -0.490 e. The van der Waals surface area contributed by atoms with Gasteiger partial charge in [-0.15, -0.1) is 10.2 Å². The standard InChI is InChI=1S/C7H8N6OS2/c1-14-4-5(12-8)9-2-10-6(4)16-7-13-11-3-15-7/h2-3H,8H2,1H3,(H,9,10,12). The van der Waals surface area contributed by atoms with Crippen molar-refractivity contribution in [2.75, 3.05) is 12.5 Å². The van der Waals surface area contributed by atoms with Crippen LogP contribution in [-0.2, 0) is 0 Å². The molecule has 7 nitrogen and oxygen atoms in total. The van der Waals surface area contributed by atoms with Crippen LogP contribution in [0.3, 0.4) is 0 Å². The molecule has 0 saturated carbocycles. The van der Waals surface area contributed by atoms with Crippen molar-refractivity contribution in [2.45, 2.75) is 9.37 Å². The lowest BCUT2D eigenvalue weighted by molar-refractivity contribution is 0.400. The van der Waals surface area contributed by atoms with Crippen LogP contribution >= 0.6 is 23.1 Å². The average molecular weight is 256 g/mol. The van der Waals surface area contributed by atoms with Gasteiger partial charge in [0.2, 0.25) is 0 Å². The van der Waals surface area contributed by atoms with Gasteiger partial charge in [-0.05, 0) is 11.8 Å². The molecule has 0 unspecified atom stereocenters. The molecule has 9 heteroatoms. The third kappa shape index (κ3) is 2.21. The van der Waals surface area contributed by atoms with Crippen molar-refractivity contribution in [3.05, 3.63) is 11.8 Å². The Hall–Kier alpha value is -1.45. The minimum absolute atomic E-state index is 0.435.